The van der Waals surface area contributed by atoms with Crippen LogP contribution in [-0.4, -0.2) is 66.2 Å². The van der Waals surface area contributed by atoms with Crippen LogP contribution in [0.15, 0.2) is 48.7 Å². The van der Waals surface area contributed by atoms with Gasteiger partial charge < -0.3 is 24.2 Å². The third-order valence-corrected chi connectivity index (χ3v) is 10.2. The molecule has 2 N–H and O–H groups in total. The zero-order chi connectivity index (χ0) is 36.7. The van der Waals surface area contributed by atoms with E-state index in [0.717, 1.165) is 80.0 Å². The summed E-state index contributed by atoms with van der Waals surface area (Å²) in [5, 5.41) is 2.06. The van der Waals surface area contributed by atoms with Gasteiger partial charge in [-0.1, -0.05) is 32.0 Å². The van der Waals surface area contributed by atoms with Crippen molar-refractivity contribution in [3.8, 4) is 28.1 Å². The molecule has 8 rings (SSSR count). The van der Waals surface area contributed by atoms with E-state index in [-0.39, 0.29) is 24.3 Å². The van der Waals surface area contributed by atoms with Crippen molar-refractivity contribution in [2.75, 3.05) is 13.1 Å². The van der Waals surface area contributed by atoms with Crippen LogP contribution in [-0.2, 0) is 16.1 Å². The molecule has 0 bridgehead atoms. The fraction of sp³-hybridized carbons (Fsp3) is 0.463. The summed E-state index contributed by atoms with van der Waals surface area (Å²) in [5.41, 5.74) is 5.81. The molecule has 2 saturated heterocycles. The average molecular weight is 705 g/mol. The first-order valence-electron chi connectivity index (χ1n) is 18.4. The molecule has 0 spiro atoms. The Hall–Kier alpha value is -5.06. The molecule has 2 fully saturated rings. The minimum Gasteiger partial charge on any atom is -0.488 e. The van der Waals surface area contributed by atoms with Crippen molar-refractivity contribution in [1.82, 2.24) is 29.7 Å². The van der Waals surface area contributed by atoms with Crippen LogP contribution in [0.3, 0.4) is 0 Å². The summed E-state index contributed by atoms with van der Waals surface area (Å²) in [5.74, 6) is 3.04. The molecule has 2 amide bonds. The number of fused-ring (bicyclic) bond motifs is 6. The molecule has 0 saturated carbocycles. The third kappa shape index (κ3) is 6.34. The number of rotatable bonds is 3. The average Bonchev–Trinajstić information content (AvgIpc) is 3.87. The van der Waals surface area contributed by atoms with Crippen LogP contribution in [0.4, 0.5) is 9.59 Å². The number of ether oxygens (including phenoxy) is 3. The first-order chi connectivity index (χ1) is 24.6. The summed E-state index contributed by atoms with van der Waals surface area (Å²) in [6.45, 7) is 17.3. The second-order valence-corrected chi connectivity index (χ2v) is 17.0. The lowest BCUT2D eigenvalue weighted by atomic mass is 9.92. The van der Waals surface area contributed by atoms with E-state index >= 15 is 0 Å². The number of carbonyl (C=O) groups excluding carboxylic acids is 2. The van der Waals surface area contributed by atoms with Crippen molar-refractivity contribution in [1.29, 1.82) is 0 Å². The summed E-state index contributed by atoms with van der Waals surface area (Å²) < 4.78 is 17.9. The number of aromatic amines is 2. The van der Waals surface area contributed by atoms with Crippen LogP contribution in [0.1, 0.15) is 97.5 Å². The standard InChI is InChI=1S/C41H48N6O5/c1-22-13-32(46(19-22)38(48)51-40(3,4)5)36-42-18-31(44-36)25-9-11-27-26(15-25)21-50-34-17-28-24(16-29(27)34)10-12-30-35(28)45-37(43-30)33-14-23(2)20-47(33)39(49)52-41(6,7)8/h9-12,15-18,22-23,32-33H,13-14,19-21H2,1-8H3,(H,42,44)(H,43,45)/t22?,23?,32-,33?/m0/s1. The van der Waals surface area contributed by atoms with E-state index in [0.29, 0.717) is 31.5 Å². The van der Waals surface area contributed by atoms with Gasteiger partial charge in [-0.3, -0.25) is 9.80 Å². The fourth-order valence-corrected chi connectivity index (χ4v) is 7.94. The fourth-order valence-electron chi connectivity index (χ4n) is 7.94. The van der Waals surface area contributed by atoms with Gasteiger partial charge in [0.25, 0.3) is 0 Å². The van der Waals surface area contributed by atoms with E-state index in [1.807, 2.05) is 52.6 Å². The highest BCUT2D eigenvalue weighted by Gasteiger charge is 2.40. The Balaban J connectivity index is 1.06. The van der Waals surface area contributed by atoms with E-state index < -0.39 is 11.2 Å². The second kappa shape index (κ2) is 12.3. The van der Waals surface area contributed by atoms with E-state index in [4.69, 9.17) is 24.2 Å². The van der Waals surface area contributed by atoms with Crippen molar-refractivity contribution in [3.05, 3.63) is 65.9 Å². The van der Waals surface area contributed by atoms with Crippen LogP contribution in [0.5, 0.6) is 5.75 Å². The van der Waals surface area contributed by atoms with E-state index in [2.05, 4.69) is 66.3 Å². The zero-order valence-electron chi connectivity index (χ0n) is 31.3. The molecule has 0 aliphatic carbocycles. The highest BCUT2D eigenvalue weighted by molar-refractivity contribution is 6.07. The SMILES string of the molecule is CC1CC(c2nc3c(ccc4cc5c(cc43)OCc3cc(-c4cnc([C@@H]6CC(C)CN6C(=O)OC(C)(C)C)[nH]4)ccc3-5)[nH]2)N(C(=O)OC(C)(C)C)C1. The number of carbonyl (C=O) groups is 2. The number of nitrogens with zero attached hydrogens (tertiary/aromatic N) is 4. The van der Waals surface area contributed by atoms with Gasteiger partial charge in [-0.05, 0) is 113 Å². The van der Waals surface area contributed by atoms with Gasteiger partial charge in [-0.15, -0.1) is 0 Å². The summed E-state index contributed by atoms with van der Waals surface area (Å²) >= 11 is 0. The van der Waals surface area contributed by atoms with Crippen molar-refractivity contribution < 1.29 is 23.8 Å². The molecule has 5 heterocycles. The van der Waals surface area contributed by atoms with Crippen molar-refractivity contribution >= 4 is 34.0 Å². The Kier molecular flexibility index (Phi) is 8.04. The minimum absolute atomic E-state index is 0.164. The molecule has 2 aromatic heterocycles. The highest BCUT2D eigenvalue weighted by Crippen LogP contribution is 2.44. The molecule has 11 heteroatoms. The predicted molar refractivity (Wildman–Crippen MR) is 200 cm³/mol. The van der Waals surface area contributed by atoms with Crippen LogP contribution >= 0.6 is 0 Å². The Morgan fingerprint density at radius 3 is 2.12 bits per heavy atom. The lowest BCUT2D eigenvalue weighted by Crippen LogP contribution is -2.37. The topological polar surface area (TPSA) is 126 Å². The molecular formula is C41H48N6O5. The maximum Gasteiger partial charge on any atom is 0.410 e. The monoisotopic (exact) mass is 704 g/mol. The quantitative estimate of drug-likeness (QED) is 0.192. The first kappa shape index (κ1) is 34.0. The Morgan fingerprint density at radius 2 is 1.46 bits per heavy atom. The van der Waals surface area contributed by atoms with Crippen LogP contribution in [0.25, 0.3) is 44.2 Å². The third-order valence-electron chi connectivity index (χ3n) is 10.2. The number of likely N-dealkylation sites (tertiary alicyclic amines) is 2. The van der Waals surface area contributed by atoms with E-state index in [1.54, 1.807) is 4.90 Å². The van der Waals surface area contributed by atoms with Gasteiger partial charge in [0, 0.05) is 24.0 Å². The Bertz CT molecular complexity index is 2210. The van der Waals surface area contributed by atoms with E-state index in [9.17, 15) is 9.59 Å². The van der Waals surface area contributed by atoms with Gasteiger partial charge in [-0.25, -0.2) is 19.6 Å². The van der Waals surface area contributed by atoms with Gasteiger partial charge >= 0.3 is 12.2 Å². The molecule has 52 heavy (non-hydrogen) atoms. The molecule has 11 nitrogen and oxygen atoms in total. The van der Waals surface area contributed by atoms with Crippen LogP contribution < -0.4 is 4.74 Å². The molecular weight excluding hydrogens is 656 g/mol. The molecule has 5 aromatic rings. The van der Waals surface area contributed by atoms with Gasteiger partial charge in [0.05, 0.1) is 35.0 Å². The van der Waals surface area contributed by atoms with Crippen molar-refractivity contribution in [2.45, 2.75) is 98.1 Å². The lowest BCUT2D eigenvalue weighted by molar-refractivity contribution is 0.0204. The van der Waals surface area contributed by atoms with Gasteiger partial charge in [0.2, 0.25) is 0 Å². The first-order valence-corrected chi connectivity index (χ1v) is 18.4. The maximum atomic E-state index is 13.1. The predicted octanol–water partition coefficient (Wildman–Crippen LogP) is 9.30. The summed E-state index contributed by atoms with van der Waals surface area (Å²) in [4.78, 5) is 46.6. The smallest absolute Gasteiger partial charge is 0.410 e. The second-order valence-electron chi connectivity index (χ2n) is 17.0. The molecule has 3 unspecified atom stereocenters. The van der Waals surface area contributed by atoms with Gasteiger partial charge in [0.1, 0.15) is 35.2 Å². The van der Waals surface area contributed by atoms with Gasteiger partial charge in [-0.2, -0.15) is 0 Å². The Labute approximate surface area is 304 Å². The van der Waals surface area contributed by atoms with Crippen molar-refractivity contribution in [3.63, 3.8) is 0 Å². The zero-order valence-corrected chi connectivity index (χ0v) is 31.3. The maximum absolute atomic E-state index is 13.1. The number of H-pyrrole nitrogens is 2. The number of hydrogen-bond donors (Lipinski definition) is 2. The molecule has 4 atom stereocenters. The largest absolute Gasteiger partial charge is 0.488 e. The summed E-state index contributed by atoms with van der Waals surface area (Å²) in [7, 11) is 0. The molecule has 3 aliphatic rings. The number of imidazole rings is 2. The number of benzene rings is 3. The van der Waals surface area contributed by atoms with Crippen molar-refractivity contribution in [2.24, 2.45) is 11.8 Å². The van der Waals surface area contributed by atoms with Crippen LogP contribution in [0, 0.1) is 11.8 Å². The highest BCUT2D eigenvalue weighted by atomic mass is 16.6. The molecule has 272 valence electrons. The number of hydrogen-bond acceptors (Lipinski definition) is 7. The Morgan fingerprint density at radius 1 is 0.808 bits per heavy atom. The number of amides is 2. The van der Waals surface area contributed by atoms with Gasteiger partial charge in [0.15, 0.2) is 0 Å². The van der Waals surface area contributed by atoms with E-state index in [1.165, 1.54) is 0 Å². The molecule has 3 aliphatic heterocycles. The number of nitrogens with one attached hydrogen (secondary N) is 2. The summed E-state index contributed by atoms with van der Waals surface area (Å²) in [6, 6.07) is 14.5. The number of aromatic nitrogens is 4. The summed E-state index contributed by atoms with van der Waals surface area (Å²) in [6.07, 6.45) is 2.88. The minimum atomic E-state index is -0.569. The normalized spacial score (nSPS) is 21.7. The molecule has 0 radical (unpaired) electrons. The molecule has 3 aromatic carbocycles. The van der Waals surface area contributed by atoms with Crippen LogP contribution in [0.2, 0.25) is 0 Å². The lowest BCUT2D eigenvalue weighted by Gasteiger charge is -2.27.